The van der Waals surface area contributed by atoms with Gasteiger partial charge in [0.1, 0.15) is 0 Å². The Morgan fingerprint density at radius 2 is 1.08 bits per heavy atom. The molecule has 0 saturated heterocycles. The average molecular weight is 357 g/mol. The lowest BCUT2D eigenvalue weighted by molar-refractivity contribution is 0.0437. The summed E-state index contributed by atoms with van der Waals surface area (Å²) in [7, 11) is 0. The molecule has 4 nitrogen and oxygen atoms in total. The van der Waals surface area contributed by atoms with Gasteiger partial charge in [0.25, 0.3) is 0 Å². The molecule has 0 radical (unpaired) electrons. The third-order valence-corrected chi connectivity index (χ3v) is 2.72. The molecule has 0 bridgehead atoms. The highest BCUT2D eigenvalue weighted by molar-refractivity contribution is 5.39. The van der Waals surface area contributed by atoms with Gasteiger partial charge in [-0.25, -0.2) is 0 Å². The zero-order chi connectivity index (χ0) is 19.2. The highest BCUT2D eigenvalue weighted by Gasteiger charge is 2.03. The quantitative estimate of drug-likeness (QED) is 0.422. The summed E-state index contributed by atoms with van der Waals surface area (Å²) in [6, 6.07) is 7.78. The molecule has 0 spiro atoms. The van der Waals surface area contributed by atoms with Gasteiger partial charge in [-0.05, 0) is 25.0 Å². The molecule has 0 unspecified atom stereocenters. The van der Waals surface area contributed by atoms with Crippen LogP contribution in [0, 0.1) is 0 Å². The minimum Gasteiger partial charge on any atom is -0.490 e. The molecule has 0 saturated carbocycles. The number of benzene rings is 1. The maximum absolute atomic E-state index is 5.74. The second kappa shape index (κ2) is 22.7. The van der Waals surface area contributed by atoms with E-state index in [0.29, 0.717) is 33.0 Å². The van der Waals surface area contributed by atoms with Gasteiger partial charge in [-0.2, -0.15) is 0 Å². The lowest BCUT2D eigenvalue weighted by atomic mass is 10.3. The first-order valence-electron chi connectivity index (χ1n) is 9.88. The largest absolute Gasteiger partial charge is 0.490 e. The summed E-state index contributed by atoms with van der Waals surface area (Å²) in [5, 5.41) is 0. The third kappa shape index (κ3) is 16.0. The van der Waals surface area contributed by atoms with Gasteiger partial charge >= 0.3 is 0 Å². The third-order valence-electron chi connectivity index (χ3n) is 2.72. The van der Waals surface area contributed by atoms with Crippen LogP contribution in [0.15, 0.2) is 24.3 Å². The predicted octanol–water partition coefficient (Wildman–Crippen LogP) is 5.74. The molecule has 25 heavy (non-hydrogen) atoms. The van der Waals surface area contributed by atoms with Crippen molar-refractivity contribution in [3.8, 4) is 11.5 Å². The van der Waals surface area contributed by atoms with Crippen molar-refractivity contribution in [1.82, 2.24) is 0 Å². The first kappa shape index (κ1) is 26.0. The number of hydrogen-bond acceptors (Lipinski definition) is 4. The summed E-state index contributed by atoms with van der Waals surface area (Å²) in [4.78, 5) is 0. The molecule has 0 amide bonds. The number of rotatable bonds is 13. The van der Waals surface area contributed by atoms with Crippen LogP contribution in [-0.4, -0.2) is 39.6 Å². The lowest BCUT2D eigenvalue weighted by Crippen LogP contribution is -2.08. The Bertz CT molecular complexity index is 356. The molecule has 1 aromatic rings. The fourth-order valence-corrected chi connectivity index (χ4v) is 1.71. The second-order valence-electron chi connectivity index (χ2n) is 4.72. The van der Waals surface area contributed by atoms with E-state index in [1.54, 1.807) is 0 Å². The zero-order valence-electron chi connectivity index (χ0n) is 17.3. The van der Waals surface area contributed by atoms with E-state index in [1.165, 1.54) is 0 Å². The minimum absolute atomic E-state index is 0.627. The Balaban J connectivity index is 0. The molecule has 0 heterocycles. The second-order valence-corrected chi connectivity index (χ2v) is 4.72. The molecule has 0 aliphatic rings. The molecule has 0 aromatic heterocycles. The van der Waals surface area contributed by atoms with Gasteiger partial charge in [-0.1, -0.05) is 53.7 Å². The Morgan fingerprint density at radius 3 is 1.60 bits per heavy atom. The Hall–Kier alpha value is -1.26. The van der Waals surface area contributed by atoms with Crippen LogP contribution >= 0.6 is 0 Å². The van der Waals surface area contributed by atoms with Crippen LogP contribution in [0.25, 0.3) is 0 Å². The molecule has 0 aliphatic carbocycles. The zero-order valence-corrected chi connectivity index (χ0v) is 17.3. The topological polar surface area (TPSA) is 36.9 Å². The van der Waals surface area contributed by atoms with Crippen molar-refractivity contribution in [2.24, 2.45) is 0 Å². The Morgan fingerprint density at radius 1 is 0.600 bits per heavy atom. The van der Waals surface area contributed by atoms with Crippen molar-refractivity contribution >= 4 is 0 Å². The van der Waals surface area contributed by atoms with Crippen LogP contribution in [-0.2, 0) is 9.47 Å². The van der Waals surface area contributed by atoms with E-state index in [2.05, 4.69) is 13.8 Å². The first-order chi connectivity index (χ1) is 12.4. The number of ether oxygens (including phenoxy) is 4. The summed E-state index contributed by atoms with van der Waals surface area (Å²) in [6.07, 6.45) is 2.89. The smallest absolute Gasteiger partial charge is 0.161 e. The summed E-state index contributed by atoms with van der Waals surface area (Å²) >= 11 is 0. The fraction of sp³-hybridized carbons (Fsp3) is 0.714. The summed E-state index contributed by atoms with van der Waals surface area (Å²) < 4.78 is 22.2. The Kier molecular flexibility index (Phi) is 23.6. The highest BCUT2D eigenvalue weighted by Crippen LogP contribution is 2.26. The monoisotopic (exact) mass is 356 g/mol. The molecule has 0 atom stereocenters. The van der Waals surface area contributed by atoms with E-state index < -0.39 is 0 Å². The SMILES string of the molecule is CC.CC.CCCOCCOCCCOc1ccccc1OCCC. The van der Waals surface area contributed by atoms with Crippen LogP contribution in [0.4, 0.5) is 0 Å². The van der Waals surface area contributed by atoms with Gasteiger partial charge in [-0.15, -0.1) is 0 Å². The van der Waals surface area contributed by atoms with Gasteiger partial charge in [0, 0.05) is 19.6 Å². The van der Waals surface area contributed by atoms with Crippen molar-refractivity contribution in [2.75, 3.05) is 39.6 Å². The summed E-state index contributed by atoms with van der Waals surface area (Å²) in [5.74, 6) is 1.62. The molecule has 0 N–H and O–H groups in total. The average Bonchev–Trinajstić information content (AvgIpc) is 2.69. The van der Waals surface area contributed by atoms with Gasteiger partial charge in [0.05, 0.1) is 26.4 Å². The van der Waals surface area contributed by atoms with E-state index >= 15 is 0 Å². The molecule has 0 aliphatic heterocycles. The van der Waals surface area contributed by atoms with Crippen LogP contribution < -0.4 is 9.47 Å². The molecule has 0 fully saturated rings. The van der Waals surface area contributed by atoms with E-state index in [0.717, 1.165) is 37.4 Å². The van der Waals surface area contributed by atoms with Gasteiger partial charge in [0.15, 0.2) is 11.5 Å². The van der Waals surface area contributed by atoms with Gasteiger partial charge < -0.3 is 18.9 Å². The van der Waals surface area contributed by atoms with Crippen molar-refractivity contribution in [1.29, 1.82) is 0 Å². The van der Waals surface area contributed by atoms with Gasteiger partial charge in [-0.3, -0.25) is 0 Å². The van der Waals surface area contributed by atoms with E-state index in [9.17, 15) is 0 Å². The van der Waals surface area contributed by atoms with Crippen LogP contribution in [0.2, 0.25) is 0 Å². The van der Waals surface area contributed by atoms with Crippen molar-refractivity contribution in [3.05, 3.63) is 24.3 Å². The predicted molar refractivity (Wildman–Crippen MR) is 107 cm³/mol. The van der Waals surface area contributed by atoms with E-state index in [4.69, 9.17) is 18.9 Å². The number of para-hydroxylation sites is 2. The van der Waals surface area contributed by atoms with E-state index in [-0.39, 0.29) is 0 Å². The molecular weight excluding hydrogens is 316 g/mol. The summed E-state index contributed by atoms with van der Waals surface area (Å²) in [5.41, 5.74) is 0. The summed E-state index contributed by atoms with van der Waals surface area (Å²) in [6.45, 7) is 16.3. The molecule has 4 heteroatoms. The van der Waals surface area contributed by atoms with Crippen LogP contribution in [0.3, 0.4) is 0 Å². The first-order valence-corrected chi connectivity index (χ1v) is 9.88. The van der Waals surface area contributed by atoms with E-state index in [1.807, 2.05) is 52.0 Å². The number of hydrogen-bond donors (Lipinski definition) is 0. The molecule has 1 aromatic carbocycles. The standard InChI is InChI=1S/C17H28O4.2C2H6/c1-3-10-18-14-15-19-12-7-13-21-17-9-6-5-8-16(17)20-11-4-2;2*1-2/h5-6,8-9H,3-4,7,10-15H2,1-2H3;2*1-2H3. The molecule has 1 rings (SSSR count). The van der Waals surface area contributed by atoms with Crippen LogP contribution in [0.1, 0.15) is 60.8 Å². The highest BCUT2D eigenvalue weighted by atomic mass is 16.5. The fourth-order valence-electron chi connectivity index (χ4n) is 1.71. The van der Waals surface area contributed by atoms with Crippen molar-refractivity contribution in [3.63, 3.8) is 0 Å². The van der Waals surface area contributed by atoms with Crippen molar-refractivity contribution in [2.45, 2.75) is 60.8 Å². The van der Waals surface area contributed by atoms with Crippen LogP contribution in [0.5, 0.6) is 11.5 Å². The molecule has 148 valence electrons. The normalized spacial score (nSPS) is 9.36. The van der Waals surface area contributed by atoms with Crippen molar-refractivity contribution < 1.29 is 18.9 Å². The maximum atomic E-state index is 5.74. The Labute approximate surface area is 155 Å². The maximum Gasteiger partial charge on any atom is 0.161 e. The minimum atomic E-state index is 0.627. The lowest BCUT2D eigenvalue weighted by Gasteiger charge is -2.12. The van der Waals surface area contributed by atoms with Gasteiger partial charge in [0.2, 0.25) is 0 Å². The molecular formula is C21H40O4.